The van der Waals surface area contributed by atoms with Gasteiger partial charge in [-0.15, -0.1) is 0 Å². The van der Waals surface area contributed by atoms with E-state index >= 15 is 0 Å². The number of carbonyl (C=O) groups is 2. The smallest absolute Gasteiger partial charge is 0.229 e. The lowest BCUT2D eigenvalue weighted by Gasteiger charge is -2.14. The fraction of sp³-hybridized carbons (Fsp3) is 0.727. The Labute approximate surface area is 107 Å². The van der Waals surface area contributed by atoms with Crippen LogP contribution in [0.1, 0.15) is 39.0 Å². The van der Waals surface area contributed by atoms with E-state index in [4.69, 9.17) is 23.7 Å². The van der Waals surface area contributed by atoms with E-state index in [9.17, 15) is 9.59 Å². The second kappa shape index (κ2) is 8.92. The van der Waals surface area contributed by atoms with Gasteiger partial charge in [-0.3, -0.25) is 9.59 Å². The highest BCUT2D eigenvalue weighted by molar-refractivity contribution is 7.80. The summed E-state index contributed by atoms with van der Waals surface area (Å²) >= 11 is 4.85. The summed E-state index contributed by atoms with van der Waals surface area (Å²) < 4.78 is 0. The lowest BCUT2D eigenvalue weighted by atomic mass is 10.0. The van der Waals surface area contributed by atoms with Gasteiger partial charge >= 0.3 is 0 Å². The molecule has 2 amide bonds. The molecule has 0 aliphatic rings. The third kappa shape index (κ3) is 7.68. The van der Waals surface area contributed by atoms with Crippen molar-refractivity contribution in [3.05, 3.63) is 0 Å². The summed E-state index contributed by atoms with van der Waals surface area (Å²) in [6.07, 6.45) is 3.29. The maximum absolute atomic E-state index is 11.7. The molecule has 5 nitrogen and oxygen atoms in total. The molecule has 17 heavy (non-hydrogen) atoms. The molecular formula is C11H21N3O2S. The molecule has 0 heterocycles. The molecule has 1 atom stereocenters. The highest BCUT2D eigenvalue weighted by Crippen LogP contribution is 2.07. The molecular weight excluding hydrogens is 238 g/mol. The number of nitrogens with two attached hydrogens (primary N) is 2. The normalized spacial score (nSPS) is 11.8. The van der Waals surface area contributed by atoms with Crippen molar-refractivity contribution >= 4 is 29.0 Å². The van der Waals surface area contributed by atoms with E-state index in [1.165, 1.54) is 0 Å². The van der Waals surface area contributed by atoms with Crippen LogP contribution in [0.2, 0.25) is 0 Å². The molecule has 0 aromatic heterocycles. The molecule has 0 fully saturated rings. The molecule has 6 heteroatoms. The van der Waals surface area contributed by atoms with E-state index in [0.717, 1.165) is 12.8 Å². The zero-order valence-corrected chi connectivity index (χ0v) is 11.0. The van der Waals surface area contributed by atoms with E-state index in [1.54, 1.807) is 0 Å². The molecule has 1 unspecified atom stereocenters. The van der Waals surface area contributed by atoms with Crippen LogP contribution in [0, 0.1) is 5.92 Å². The predicted molar refractivity (Wildman–Crippen MR) is 71.2 cm³/mol. The molecule has 0 spiro atoms. The van der Waals surface area contributed by atoms with Crippen LogP contribution in [0.3, 0.4) is 0 Å². The Hall–Kier alpha value is -1.17. The first kappa shape index (κ1) is 15.8. The van der Waals surface area contributed by atoms with Crippen molar-refractivity contribution in [2.45, 2.75) is 39.0 Å². The molecule has 0 aromatic carbocycles. The van der Waals surface area contributed by atoms with Crippen molar-refractivity contribution in [1.82, 2.24) is 5.32 Å². The van der Waals surface area contributed by atoms with Crippen molar-refractivity contribution in [2.24, 2.45) is 17.4 Å². The largest absolute Gasteiger partial charge is 0.393 e. The Morgan fingerprint density at radius 2 is 1.94 bits per heavy atom. The number of thiocarbonyl (C=S) groups is 1. The maximum atomic E-state index is 11.7. The molecule has 0 saturated carbocycles. The fourth-order valence-electron chi connectivity index (χ4n) is 1.45. The third-order valence-corrected chi connectivity index (χ3v) is 2.67. The molecule has 0 bridgehead atoms. The van der Waals surface area contributed by atoms with Crippen LogP contribution in [0.15, 0.2) is 0 Å². The molecule has 0 aliphatic heterocycles. The number of carbonyl (C=O) groups excluding carboxylic acids is 2. The van der Waals surface area contributed by atoms with Crippen LogP contribution in [0.4, 0.5) is 0 Å². The number of hydrogen-bond donors (Lipinski definition) is 3. The summed E-state index contributed by atoms with van der Waals surface area (Å²) in [5.74, 6) is -0.826. The minimum absolute atomic E-state index is 0.126. The van der Waals surface area contributed by atoms with Crippen molar-refractivity contribution in [1.29, 1.82) is 0 Å². The van der Waals surface area contributed by atoms with Crippen molar-refractivity contribution in [2.75, 3.05) is 6.54 Å². The van der Waals surface area contributed by atoms with Gasteiger partial charge in [-0.2, -0.15) is 0 Å². The third-order valence-electron chi connectivity index (χ3n) is 2.39. The summed E-state index contributed by atoms with van der Waals surface area (Å²) in [5, 5.41) is 2.76. The Kier molecular flexibility index (Phi) is 8.31. The number of amides is 2. The van der Waals surface area contributed by atoms with Gasteiger partial charge < -0.3 is 16.8 Å². The highest BCUT2D eigenvalue weighted by atomic mass is 32.1. The topological polar surface area (TPSA) is 98.2 Å². The molecule has 0 saturated heterocycles. The van der Waals surface area contributed by atoms with Gasteiger partial charge in [0.1, 0.15) is 0 Å². The average molecular weight is 259 g/mol. The minimum atomic E-state index is -0.383. The predicted octanol–water partition coefficient (Wildman–Crippen LogP) is 0.461. The maximum Gasteiger partial charge on any atom is 0.229 e. The Balaban J connectivity index is 3.82. The number of primary amides is 1. The van der Waals surface area contributed by atoms with Crippen LogP contribution in [0.25, 0.3) is 0 Å². The monoisotopic (exact) mass is 259 g/mol. The molecule has 0 radical (unpaired) electrons. The Morgan fingerprint density at radius 3 is 2.41 bits per heavy atom. The summed E-state index contributed by atoms with van der Waals surface area (Å²) in [6.45, 7) is 2.50. The Morgan fingerprint density at radius 1 is 1.29 bits per heavy atom. The summed E-state index contributed by atoms with van der Waals surface area (Å²) in [6, 6.07) is 0. The van der Waals surface area contributed by atoms with E-state index in [-0.39, 0.29) is 22.7 Å². The van der Waals surface area contributed by atoms with Crippen LogP contribution in [-0.2, 0) is 9.59 Å². The first-order valence-electron chi connectivity index (χ1n) is 5.84. The molecule has 0 rings (SSSR count). The average Bonchev–Trinajstić information content (AvgIpc) is 2.24. The number of rotatable bonds is 9. The lowest BCUT2D eigenvalue weighted by Crippen LogP contribution is -2.38. The number of unbranched alkanes of at least 4 members (excludes halogenated alkanes) is 1. The van der Waals surface area contributed by atoms with Crippen molar-refractivity contribution in [3.8, 4) is 0 Å². The zero-order valence-electron chi connectivity index (χ0n) is 10.2. The van der Waals surface area contributed by atoms with Crippen LogP contribution < -0.4 is 16.8 Å². The first-order valence-corrected chi connectivity index (χ1v) is 6.25. The summed E-state index contributed by atoms with van der Waals surface area (Å²) in [5.41, 5.74) is 10.5. The standard InChI is InChI=1S/C11H21N3O2S/c1-2-5-8(10(13)17)11(16)14-7-4-3-6-9(12)15/h8H,2-7H2,1H3,(H2,12,15)(H2,13,17)(H,14,16). The second-order valence-electron chi connectivity index (χ2n) is 3.96. The van der Waals surface area contributed by atoms with Crippen molar-refractivity contribution in [3.63, 3.8) is 0 Å². The van der Waals surface area contributed by atoms with Gasteiger partial charge in [0.05, 0.1) is 10.9 Å². The van der Waals surface area contributed by atoms with E-state index < -0.39 is 0 Å². The van der Waals surface area contributed by atoms with Gasteiger partial charge in [-0.1, -0.05) is 25.6 Å². The minimum Gasteiger partial charge on any atom is -0.393 e. The van der Waals surface area contributed by atoms with Gasteiger partial charge in [0.2, 0.25) is 11.8 Å². The van der Waals surface area contributed by atoms with Gasteiger partial charge in [0.25, 0.3) is 0 Å². The fourth-order valence-corrected chi connectivity index (χ4v) is 1.68. The van der Waals surface area contributed by atoms with Crippen LogP contribution >= 0.6 is 12.2 Å². The summed E-state index contributed by atoms with van der Waals surface area (Å²) in [7, 11) is 0. The van der Waals surface area contributed by atoms with E-state index in [2.05, 4.69) is 5.32 Å². The highest BCUT2D eigenvalue weighted by Gasteiger charge is 2.19. The van der Waals surface area contributed by atoms with Crippen LogP contribution in [-0.4, -0.2) is 23.3 Å². The second-order valence-corrected chi connectivity index (χ2v) is 4.43. The molecule has 98 valence electrons. The quantitative estimate of drug-likeness (QED) is 0.414. The van der Waals surface area contributed by atoms with Gasteiger partial charge in [0.15, 0.2) is 0 Å². The van der Waals surface area contributed by atoms with E-state index in [0.29, 0.717) is 25.8 Å². The van der Waals surface area contributed by atoms with Crippen molar-refractivity contribution < 1.29 is 9.59 Å². The van der Waals surface area contributed by atoms with Crippen LogP contribution in [0.5, 0.6) is 0 Å². The molecule has 0 aliphatic carbocycles. The summed E-state index contributed by atoms with van der Waals surface area (Å²) in [4.78, 5) is 22.4. The van der Waals surface area contributed by atoms with Gasteiger partial charge in [-0.25, -0.2) is 0 Å². The number of nitrogens with one attached hydrogen (secondary N) is 1. The molecule has 0 aromatic rings. The first-order chi connectivity index (χ1) is 7.99. The van der Waals surface area contributed by atoms with Gasteiger partial charge in [0, 0.05) is 13.0 Å². The lowest BCUT2D eigenvalue weighted by molar-refractivity contribution is -0.123. The molecule has 5 N–H and O–H groups in total. The van der Waals surface area contributed by atoms with Gasteiger partial charge in [-0.05, 0) is 19.3 Å². The SMILES string of the molecule is CCCC(C(=O)NCCCCC(N)=O)C(N)=S. The van der Waals surface area contributed by atoms with E-state index in [1.807, 2.05) is 6.92 Å². The number of hydrogen-bond acceptors (Lipinski definition) is 3. The zero-order chi connectivity index (χ0) is 13.3. The Bertz CT molecular complexity index is 282.